The number of nitriles is 1. The lowest BCUT2D eigenvalue weighted by atomic mass is 10.1. The first-order valence-electron chi connectivity index (χ1n) is 9.01. The minimum atomic E-state index is -5.14. The Labute approximate surface area is 186 Å². The van der Waals surface area contributed by atoms with Crippen LogP contribution in [-0.2, 0) is 14.8 Å². The fourth-order valence-corrected chi connectivity index (χ4v) is 3.84. The third-order valence-electron chi connectivity index (χ3n) is 4.20. The minimum absolute atomic E-state index is 0.0149. The number of hydrogen-bond acceptors (Lipinski definition) is 7. The van der Waals surface area contributed by atoms with Gasteiger partial charge in [0.05, 0.1) is 29.0 Å². The van der Waals surface area contributed by atoms with Crippen molar-refractivity contribution in [1.82, 2.24) is 4.98 Å². The number of alkyl halides is 3. The first-order valence-corrected chi connectivity index (χ1v) is 10.5. The van der Waals surface area contributed by atoms with Crippen LogP contribution < -0.4 is 9.46 Å². The van der Waals surface area contributed by atoms with Crippen molar-refractivity contribution in [2.24, 2.45) is 0 Å². The summed E-state index contributed by atoms with van der Waals surface area (Å²) in [5.41, 5.74) is -0.282. The largest absolute Gasteiger partial charge is 0.575 e. The van der Waals surface area contributed by atoms with Gasteiger partial charge in [-0.1, -0.05) is 30.3 Å². The molecule has 3 rings (SSSR count). The van der Waals surface area contributed by atoms with Crippen molar-refractivity contribution < 1.29 is 35.9 Å². The van der Waals surface area contributed by atoms with Crippen LogP contribution in [0.2, 0.25) is 0 Å². The van der Waals surface area contributed by atoms with Crippen LogP contribution in [0.1, 0.15) is 15.9 Å². The summed E-state index contributed by atoms with van der Waals surface area (Å²) in [6, 6.07) is 15.1. The molecule has 170 valence electrons. The van der Waals surface area contributed by atoms with Gasteiger partial charge in [0.2, 0.25) is 5.88 Å². The third-order valence-corrected chi connectivity index (χ3v) is 5.58. The maximum Gasteiger partial charge on any atom is 0.575 e. The molecule has 33 heavy (non-hydrogen) atoms. The van der Waals surface area contributed by atoms with Crippen LogP contribution in [0, 0.1) is 11.3 Å². The number of ether oxygens (including phenoxy) is 2. The number of pyridine rings is 1. The molecule has 0 aliphatic carbocycles. The number of nitrogens with one attached hydrogen (secondary N) is 1. The Kier molecular flexibility index (Phi) is 6.55. The SMILES string of the molecule is COc1nc(-c2ccc(C(=O)OC(F)(F)F)cc2)c(NS(=O)(=O)c2ccccc2)cc1C#N. The predicted octanol–water partition coefficient (Wildman–Crippen LogP) is 4.11. The zero-order valence-electron chi connectivity index (χ0n) is 16.8. The summed E-state index contributed by atoms with van der Waals surface area (Å²) < 4.78 is 73.2. The van der Waals surface area contributed by atoms with E-state index in [0.717, 1.165) is 12.1 Å². The second-order valence-electron chi connectivity index (χ2n) is 6.38. The molecule has 0 aliphatic rings. The van der Waals surface area contributed by atoms with Crippen molar-refractivity contribution in [1.29, 1.82) is 5.26 Å². The van der Waals surface area contributed by atoms with Gasteiger partial charge in [-0.15, -0.1) is 13.2 Å². The van der Waals surface area contributed by atoms with Crippen molar-refractivity contribution in [3.63, 3.8) is 0 Å². The van der Waals surface area contributed by atoms with Gasteiger partial charge in [-0.2, -0.15) is 5.26 Å². The van der Waals surface area contributed by atoms with Gasteiger partial charge in [0, 0.05) is 5.56 Å². The van der Waals surface area contributed by atoms with Crippen LogP contribution >= 0.6 is 0 Å². The lowest BCUT2D eigenvalue weighted by molar-refractivity contribution is -0.291. The molecular weight excluding hydrogens is 463 g/mol. The molecule has 8 nitrogen and oxygen atoms in total. The molecule has 2 aromatic carbocycles. The Balaban J connectivity index is 2.06. The van der Waals surface area contributed by atoms with Gasteiger partial charge >= 0.3 is 12.3 Å². The fraction of sp³-hybridized carbons (Fsp3) is 0.0952. The maximum atomic E-state index is 12.8. The lowest BCUT2D eigenvalue weighted by Gasteiger charge is -2.15. The predicted molar refractivity (Wildman–Crippen MR) is 110 cm³/mol. The molecule has 0 spiro atoms. The molecule has 0 atom stereocenters. The fourth-order valence-electron chi connectivity index (χ4n) is 2.76. The van der Waals surface area contributed by atoms with E-state index >= 15 is 0 Å². The normalized spacial score (nSPS) is 11.4. The standard InChI is InChI=1S/C21H14F3N3O5S/c1-31-19-15(12-25)11-17(27-33(29,30)16-5-3-2-4-6-16)18(26-19)13-7-9-14(10-8-13)20(28)32-21(22,23)24/h2-11,27H,1H3. The van der Waals surface area contributed by atoms with Crippen LogP contribution in [0.25, 0.3) is 11.3 Å². The highest BCUT2D eigenvalue weighted by molar-refractivity contribution is 7.92. The number of methoxy groups -OCH3 is 1. The number of carbonyl (C=O) groups is 1. The number of rotatable bonds is 6. The summed E-state index contributed by atoms with van der Waals surface area (Å²) in [6.45, 7) is 0. The molecule has 0 bridgehead atoms. The second-order valence-corrected chi connectivity index (χ2v) is 8.07. The summed E-state index contributed by atoms with van der Waals surface area (Å²) >= 11 is 0. The molecule has 0 aliphatic heterocycles. The summed E-state index contributed by atoms with van der Waals surface area (Å²) in [4.78, 5) is 15.7. The number of hydrogen-bond donors (Lipinski definition) is 1. The van der Waals surface area contributed by atoms with E-state index in [-0.39, 0.29) is 38.8 Å². The number of benzene rings is 2. The Morgan fingerprint density at radius 3 is 2.27 bits per heavy atom. The Morgan fingerprint density at radius 1 is 1.09 bits per heavy atom. The summed E-state index contributed by atoms with van der Waals surface area (Å²) in [7, 11) is -2.81. The van der Waals surface area contributed by atoms with Gasteiger partial charge in [0.25, 0.3) is 10.0 Å². The zero-order chi connectivity index (χ0) is 24.2. The van der Waals surface area contributed by atoms with E-state index in [2.05, 4.69) is 14.4 Å². The number of sulfonamides is 1. The number of carbonyl (C=O) groups excluding carboxylic acids is 1. The van der Waals surface area contributed by atoms with Gasteiger partial charge in [-0.25, -0.2) is 18.2 Å². The van der Waals surface area contributed by atoms with Crippen molar-refractivity contribution in [2.45, 2.75) is 11.3 Å². The molecule has 3 aromatic rings. The first-order chi connectivity index (χ1) is 15.5. The van der Waals surface area contributed by atoms with E-state index in [1.807, 2.05) is 6.07 Å². The molecule has 0 radical (unpaired) electrons. The van der Waals surface area contributed by atoms with Crippen molar-refractivity contribution in [2.75, 3.05) is 11.8 Å². The van der Waals surface area contributed by atoms with Gasteiger partial charge in [-0.3, -0.25) is 4.72 Å². The van der Waals surface area contributed by atoms with Gasteiger partial charge in [-0.05, 0) is 30.3 Å². The quantitative estimate of drug-likeness (QED) is 0.531. The molecule has 1 N–H and O–H groups in total. The number of esters is 1. The highest BCUT2D eigenvalue weighted by Crippen LogP contribution is 2.33. The van der Waals surface area contributed by atoms with E-state index in [1.165, 1.54) is 49.6 Å². The van der Waals surface area contributed by atoms with Crippen LogP contribution in [0.4, 0.5) is 18.9 Å². The average molecular weight is 477 g/mol. The molecule has 0 amide bonds. The smallest absolute Gasteiger partial charge is 0.480 e. The number of nitrogens with zero attached hydrogens (tertiary/aromatic N) is 2. The molecule has 12 heteroatoms. The molecule has 0 saturated carbocycles. The van der Waals surface area contributed by atoms with Gasteiger partial charge in [0.1, 0.15) is 11.6 Å². The lowest BCUT2D eigenvalue weighted by Crippen LogP contribution is -2.19. The highest BCUT2D eigenvalue weighted by Gasteiger charge is 2.34. The van der Waals surface area contributed by atoms with Crippen LogP contribution in [0.5, 0.6) is 5.88 Å². The first kappa shape index (κ1) is 23.6. The summed E-state index contributed by atoms with van der Waals surface area (Å²) in [5.74, 6) is -1.71. The summed E-state index contributed by atoms with van der Waals surface area (Å²) in [5, 5.41) is 9.35. The molecule has 0 saturated heterocycles. The Morgan fingerprint density at radius 2 is 1.73 bits per heavy atom. The molecular formula is C21H14F3N3O5S. The van der Waals surface area contributed by atoms with Gasteiger partial charge in [0.15, 0.2) is 0 Å². The van der Waals surface area contributed by atoms with E-state index in [0.29, 0.717) is 0 Å². The zero-order valence-corrected chi connectivity index (χ0v) is 17.6. The molecule has 1 heterocycles. The van der Waals surface area contributed by atoms with Crippen LogP contribution in [0.3, 0.4) is 0 Å². The monoisotopic (exact) mass is 477 g/mol. The van der Waals surface area contributed by atoms with Gasteiger partial charge < -0.3 is 9.47 Å². The molecule has 0 fully saturated rings. The molecule has 1 aromatic heterocycles. The van der Waals surface area contributed by atoms with Crippen LogP contribution in [0.15, 0.2) is 65.6 Å². The van der Waals surface area contributed by atoms with E-state index < -0.39 is 22.4 Å². The number of halogens is 3. The number of anilines is 1. The van der Waals surface area contributed by atoms with E-state index in [9.17, 15) is 31.6 Å². The topological polar surface area (TPSA) is 118 Å². The summed E-state index contributed by atoms with van der Waals surface area (Å²) in [6.07, 6.45) is -5.14. The van der Waals surface area contributed by atoms with Crippen molar-refractivity contribution in [3.8, 4) is 23.2 Å². The molecule has 0 unspecified atom stereocenters. The average Bonchev–Trinajstić information content (AvgIpc) is 2.78. The Bertz CT molecular complexity index is 1320. The number of aromatic nitrogens is 1. The third kappa shape index (κ3) is 5.58. The Hall–Kier alpha value is -4.11. The van der Waals surface area contributed by atoms with Crippen molar-refractivity contribution in [3.05, 3.63) is 71.8 Å². The maximum absolute atomic E-state index is 12.8. The van der Waals surface area contributed by atoms with E-state index in [4.69, 9.17) is 4.74 Å². The van der Waals surface area contributed by atoms with Crippen LogP contribution in [-0.4, -0.2) is 32.8 Å². The second kappa shape index (κ2) is 9.17. The minimum Gasteiger partial charge on any atom is -0.480 e. The van der Waals surface area contributed by atoms with E-state index in [1.54, 1.807) is 6.07 Å². The van der Waals surface area contributed by atoms with Crippen molar-refractivity contribution >= 4 is 21.7 Å². The highest BCUT2D eigenvalue weighted by atomic mass is 32.2.